The molecule has 0 heterocycles. The maximum absolute atomic E-state index is 12.8. The molecule has 0 aromatic carbocycles. The largest absolute Gasteiger partial charge is 0.462 e. The normalized spacial score (nSPS) is 12.4. The third-order valence-electron chi connectivity index (χ3n) is 12.3. The van der Waals surface area contributed by atoms with Crippen LogP contribution < -0.4 is 0 Å². The fraction of sp³-hybridized carbons (Fsp3) is 0.814. The Bertz CT molecular complexity index is 1140. The van der Waals surface area contributed by atoms with Gasteiger partial charge in [-0.05, 0) is 96.3 Å². The molecule has 0 saturated carbocycles. The number of rotatable bonds is 51. The van der Waals surface area contributed by atoms with Gasteiger partial charge in [-0.1, -0.05) is 223 Å². The lowest BCUT2D eigenvalue weighted by Gasteiger charge is -2.18. The highest BCUT2D eigenvalue weighted by molar-refractivity contribution is 5.71. The van der Waals surface area contributed by atoms with E-state index in [9.17, 15) is 14.4 Å². The van der Waals surface area contributed by atoms with Gasteiger partial charge in [0.1, 0.15) is 13.2 Å². The van der Waals surface area contributed by atoms with Crippen molar-refractivity contribution in [3.05, 3.63) is 48.6 Å². The van der Waals surface area contributed by atoms with Crippen molar-refractivity contribution in [2.75, 3.05) is 13.2 Å². The summed E-state index contributed by atoms with van der Waals surface area (Å²) in [6.07, 6.45) is 65.2. The summed E-state index contributed by atoms with van der Waals surface area (Å²) < 4.78 is 16.8. The summed E-state index contributed by atoms with van der Waals surface area (Å²) in [5.74, 6) is -0.886. The smallest absolute Gasteiger partial charge is 0.306 e. The maximum atomic E-state index is 12.8. The lowest BCUT2D eigenvalue weighted by Crippen LogP contribution is -2.30. The Kier molecular flexibility index (Phi) is 51.8. The molecular weight excluding hydrogens is 805 g/mol. The van der Waals surface area contributed by atoms with Crippen molar-refractivity contribution in [3.63, 3.8) is 0 Å². The number of carbonyl (C=O) groups is 3. The Morgan fingerprint density at radius 2 is 0.569 bits per heavy atom. The first-order chi connectivity index (χ1) is 32.0. The number of esters is 3. The van der Waals surface area contributed by atoms with Gasteiger partial charge in [0.2, 0.25) is 0 Å². The molecule has 6 heteroatoms. The molecule has 0 bridgehead atoms. The van der Waals surface area contributed by atoms with Crippen LogP contribution in [0.5, 0.6) is 0 Å². The zero-order valence-electron chi connectivity index (χ0n) is 43.3. The molecule has 0 aliphatic carbocycles. The highest BCUT2D eigenvalue weighted by atomic mass is 16.6. The van der Waals surface area contributed by atoms with E-state index in [2.05, 4.69) is 69.4 Å². The SMILES string of the molecule is CCCC/C=C\CCCCCCCC(=O)OC[C@@H](COC(=O)CCCCCCCCC/C=C\CCCCCCCC)OC(=O)CCCCCCCCCCC/C=C\C/C=C\CCCCC. The van der Waals surface area contributed by atoms with Gasteiger partial charge < -0.3 is 14.2 Å². The van der Waals surface area contributed by atoms with Crippen LogP contribution in [-0.2, 0) is 28.6 Å². The van der Waals surface area contributed by atoms with Crippen LogP contribution in [0.3, 0.4) is 0 Å². The molecule has 1 atom stereocenters. The Morgan fingerprint density at radius 3 is 0.938 bits per heavy atom. The zero-order valence-corrected chi connectivity index (χ0v) is 43.3. The van der Waals surface area contributed by atoms with Gasteiger partial charge in [0, 0.05) is 19.3 Å². The Balaban J connectivity index is 4.33. The summed E-state index contributed by atoms with van der Waals surface area (Å²) in [5, 5.41) is 0. The summed E-state index contributed by atoms with van der Waals surface area (Å²) >= 11 is 0. The van der Waals surface area contributed by atoms with Crippen molar-refractivity contribution in [1.29, 1.82) is 0 Å². The minimum Gasteiger partial charge on any atom is -0.462 e. The number of carbonyl (C=O) groups excluding carboxylic acids is 3. The molecule has 0 spiro atoms. The molecule has 65 heavy (non-hydrogen) atoms. The molecule has 0 aliphatic heterocycles. The molecule has 0 N–H and O–H groups in total. The van der Waals surface area contributed by atoms with Crippen LogP contribution in [0.25, 0.3) is 0 Å². The second kappa shape index (κ2) is 54.0. The predicted molar refractivity (Wildman–Crippen MR) is 279 cm³/mol. The summed E-state index contributed by atoms with van der Waals surface area (Å²) in [6, 6.07) is 0. The van der Waals surface area contributed by atoms with E-state index >= 15 is 0 Å². The lowest BCUT2D eigenvalue weighted by atomic mass is 10.1. The Labute approximate surface area is 403 Å². The van der Waals surface area contributed by atoms with Crippen molar-refractivity contribution in [1.82, 2.24) is 0 Å². The summed E-state index contributed by atoms with van der Waals surface area (Å²) in [4.78, 5) is 38.1. The number of hydrogen-bond acceptors (Lipinski definition) is 6. The van der Waals surface area contributed by atoms with Gasteiger partial charge in [0.15, 0.2) is 6.10 Å². The van der Waals surface area contributed by atoms with Crippen LogP contribution in [0.4, 0.5) is 0 Å². The molecule has 0 amide bonds. The van der Waals surface area contributed by atoms with E-state index < -0.39 is 6.10 Å². The van der Waals surface area contributed by atoms with Gasteiger partial charge in [-0.25, -0.2) is 0 Å². The number of allylic oxidation sites excluding steroid dienone is 8. The molecule has 0 aliphatic rings. The monoisotopic (exact) mass is 911 g/mol. The topological polar surface area (TPSA) is 78.9 Å². The molecule has 0 aromatic rings. The third-order valence-corrected chi connectivity index (χ3v) is 12.3. The van der Waals surface area contributed by atoms with Crippen LogP contribution in [0, 0.1) is 0 Å². The van der Waals surface area contributed by atoms with Crippen molar-refractivity contribution in [2.24, 2.45) is 0 Å². The Hall–Kier alpha value is -2.63. The lowest BCUT2D eigenvalue weighted by molar-refractivity contribution is -0.167. The molecule has 0 unspecified atom stereocenters. The molecule has 0 rings (SSSR count). The summed E-state index contributed by atoms with van der Waals surface area (Å²) in [6.45, 7) is 6.58. The molecule has 0 saturated heterocycles. The van der Waals surface area contributed by atoms with Gasteiger partial charge in [0.25, 0.3) is 0 Å². The fourth-order valence-electron chi connectivity index (χ4n) is 7.98. The van der Waals surface area contributed by atoms with Gasteiger partial charge in [-0.2, -0.15) is 0 Å². The van der Waals surface area contributed by atoms with E-state index in [4.69, 9.17) is 14.2 Å². The molecule has 6 nitrogen and oxygen atoms in total. The van der Waals surface area contributed by atoms with E-state index in [1.165, 1.54) is 180 Å². The quantitative estimate of drug-likeness (QED) is 0.0262. The van der Waals surface area contributed by atoms with Crippen molar-refractivity contribution in [3.8, 4) is 0 Å². The summed E-state index contributed by atoms with van der Waals surface area (Å²) in [7, 11) is 0. The number of unbranched alkanes of at least 4 members (excludes halogenated alkanes) is 32. The van der Waals surface area contributed by atoms with Crippen LogP contribution >= 0.6 is 0 Å². The average molecular weight is 911 g/mol. The first kappa shape index (κ1) is 62.4. The highest BCUT2D eigenvalue weighted by Crippen LogP contribution is 2.15. The van der Waals surface area contributed by atoms with Crippen molar-refractivity contribution < 1.29 is 28.6 Å². The van der Waals surface area contributed by atoms with Crippen LogP contribution in [0.2, 0.25) is 0 Å². The Morgan fingerprint density at radius 1 is 0.308 bits per heavy atom. The van der Waals surface area contributed by atoms with Gasteiger partial charge in [0.05, 0.1) is 0 Å². The van der Waals surface area contributed by atoms with Crippen molar-refractivity contribution in [2.45, 2.75) is 297 Å². The predicted octanol–water partition coefficient (Wildman–Crippen LogP) is 18.7. The van der Waals surface area contributed by atoms with Gasteiger partial charge >= 0.3 is 17.9 Å². The van der Waals surface area contributed by atoms with Gasteiger partial charge in [-0.15, -0.1) is 0 Å². The molecule has 0 radical (unpaired) electrons. The van der Waals surface area contributed by atoms with Crippen LogP contribution in [0.15, 0.2) is 48.6 Å². The maximum Gasteiger partial charge on any atom is 0.306 e. The van der Waals surface area contributed by atoms with Crippen LogP contribution in [0.1, 0.15) is 290 Å². The van der Waals surface area contributed by atoms with E-state index in [0.29, 0.717) is 19.3 Å². The highest BCUT2D eigenvalue weighted by Gasteiger charge is 2.19. The first-order valence-corrected chi connectivity index (χ1v) is 28.1. The van der Waals surface area contributed by atoms with Crippen molar-refractivity contribution >= 4 is 17.9 Å². The van der Waals surface area contributed by atoms with Gasteiger partial charge in [-0.3, -0.25) is 14.4 Å². The second-order valence-electron chi connectivity index (χ2n) is 18.8. The minimum absolute atomic E-state index is 0.0784. The minimum atomic E-state index is -0.779. The summed E-state index contributed by atoms with van der Waals surface area (Å²) in [5.41, 5.74) is 0. The molecule has 378 valence electrons. The fourth-order valence-corrected chi connectivity index (χ4v) is 7.98. The standard InChI is InChI=1S/C59H106O6/c1-4-7-10-13-16-19-22-24-26-28-29-31-33-35-38-41-44-47-50-53-59(62)65-56(54-63-57(60)51-48-45-42-39-36-21-18-15-12-9-6-3)55-64-58(61)52-49-46-43-40-37-34-32-30-27-25-23-20-17-14-11-8-5-2/h15-16,18-19,24-27,56H,4-14,17,20-23,28-55H2,1-3H3/b18-15-,19-16-,26-24-,27-25-/t56-/m0/s1. The third kappa shape index (κ3) is 52.2. The molecule has 0 fully saturated rings. The average Bonchev–Trinajstić information content (AvgIpc) is 3.30. The van der Waals surface area contributed by atoms with E-state index in [0.717, 1.165) is 70.6 Å². The van der Waals surface area contributed by atoms with Crippen LogP contribution in [-0.4, -0.2) is 37.2 Å². The van der Waals surface area contributed by atoms with E-state index in [-0.39, 0.29) is 31.1 Å². The van der Waals surface area contributed by atoms with E-state index in [1.54, 1.807) is 0 Å². The molecule has 0 aromatic heterocycles. The van der Waals surface area contributed by atoms with E-state index in [1.807, 2.05) is 0 Å². The number of hydrogen-bond donors (Lipinski definition) is 0. The first-order valence-electron chi connectivity index (χ1n) is 28.1. The second-order valence-corrected chi connectivity index (χ2v) is 18.8. The zero-order chi connectivity index (χ0) is 47.2. The number of ether oxygens (including phenoxy) is 3. The molecular formula is C59H106O6.